The average Bonchev–Trinajstić information content (AvgIpc) is 2.25. The summed E-state index contributed by atoms with van der Waals surface area (Å²) in [6, 6.07) is 0. The average molecular weight is 230 g/mol. The summed E-state index contributed by atoms with van der Waals surface area (Å²) in [6.45, 7) is 0.780. The Hall–Kier alpha value is -1.03. The third-order valence-electron chi connectivity index (χ3n) is 2.06. The number of nitrogens with zero attached hydrogens (tertiary/aromatic N) is 1. The molecule has 0 unspecified atom stereocenters. The summed E-state index contributed by atoms with van der Waals surface area (Å²) >= 11 is 5.56. The SMILES string of the molecule is O=c1[nH]ccnc1NCCCCCCCl. The lowest BCUT2D eigenvalue weighted by molar-refractivity contribution is 0.686. The van der Waals surface area contributed by atoms with E-state index >= 15 is 0 Å². The molecule has 1 rings (SSSR count). The van der Waals surface area contributed by atoms with Gasteiger partial charge in [0.1, 0.15) is 0 Å². The minimum atomic E-state index is -0.168. The van der Waals surface area contributed by atoms with Crippen molar-refractivity contribution in [3.8, 4) is 0 Å². The highest BCUT2D eigenvalue weighted by atomic mass is 35.5. The summed E-state index contributed by atoms with van der Waals surface area (Å²) in [7, 11) is 0. The molecule has 5 heteroatoms. The van der Waals surface area contributed by atoms with Crippen LogP contribution in [0.2, 0.25) is 0 Å². The fourth-order valence-electron chi connectivity index (χ4n) is 1.26. The highest BCUT2D eigenvalue weighted by Crippen LogP contribution is 2.01. The van der Waals surface area contributed by atoms with Crippen molar-refractivity contribution < 1.29 is 0 Å². The Morgan fingerprint density at radius 1 is 1.33 bits per heavy atom. The van der Waals surface area contributed by atoms with Crippen LogP contribution in [0.1, 0.15) is 25.7 Å². The smallest absolute Gasteiger partial charge is 0.290 e. The molecule has 1 aromatic heterocycles. The van der Waals surface area contributed by atoms with Crippen LogP contribution < -0.4 is 10.9 Å². The molecule has 1 aromatic rings. The van der Waals surface area contributed by atoms with Gasteiger partial charge in [-0.1, -0.05) is 12.8 Å². The maximum atomic E-state index is 11.2. The van der Waals surface area contributed by atoms with E-state index in [0.717, 1.165) is 38.1 Å². The molecule has 2 N–H and O–H groups in total. The fraction of sp³-hybridized carbons (Fsp3) is 0.600. The van der Waals surface area contributed by atoms with Gasteiger partial charge in [0, 0.05) is 24.8 Å². The molecule has 4 nitrogen and oxygen atoms in total. The normalized spacial score (nSPS) is 10.2. The van der Waals surface area contributed by atoms with E-state index in [-0.39, 0.29) is 5.56 Å². The first-order valence-electron chi connectivity index (χ1n) is 5.18. The second-order valence-corrected chi connectivity index (χ2v) is 3.67. The first-order chi connectivity index (χ1) is 7.34. The standard InChI is InChI=1S/C10H16ClN3O/c11-5-3-1-2-4-6-12-9-10(15)14-8-7-13-9/h7-8H,1-6H2,(H,12,13)(H,14,15). The van der Waals surface area contributed by atoms with E-state index < -0.39 is 0 Å². The van der Waals surface area contributed by atoms with Crippen molar-refractivity contribution in [3.63, 3.8) is 0 Å². The van der Waals surface area contributed by atoms with E-state index in [4.69, 9.17) is 11.6 Å². The monoisotopic (exact) mass is 229 g/mol. The lowest BCUT2D eigenvalue weighted by atomic mass is 10.2. The fourth-order valence-corrected chi connectivity index (χ4v) is 1.45. The van der Waals surface area contributed by atoms with Crippen LogP contribution in [0.3, 0.4) is 0 Å². The van der Waals surface area contributed by atoms with Crippen LogP contribution in [0.15, 0.2) is 17.2 Å². The van der Waals surface area contributed by atoms with Gasteiger partial charge in [-0.3, -0.25) is 4.79 Å². The van der Waals surface area contributed by atoms with Crippen molar-refractivity contribution in [2.24, 2.45) is 0 Å². The Morgan fingerprint density at radius 2 is 2.13 bits per heavy atom. The maximum Gasteiger partial charge on any atom is 0.290 e. The molecule has 0 atom stereocenters. The highest BCUT2D eigenvalue weighted by molar-refractivity contribution is 6.17. The molecule has 84 valence electrons. The molecule has 0 amide bonds. The van der Waals surface area contributed by atoms with Crippen molar-refractivity contribution in [2.75, 3.05) is 17.7 Å². The first kappa shape index (κ1) is 12.0. The van der Waals surface area contributed by atoms with E-state index in [1.165, 1.54) is 6.20 Å². The van der Waals surface area contributed by atoms with Crippen molar-refractivity contribution in [3.05, 3.63) is 22.7 Å². The molecule has 0 aromatic carbocycles. The quantitative estimate of drug-likeness (QED) is 0.555. The molecule has 0 fully saturated rings. The predicted molar refractivity (Wildman–Crippen MR) is 62.5 cm³/mol. The summed E-state index contributed by atoms with van der Waals surface area (Å²) in [5.74, 6) is 1.13. The predicted octanol–water partition coefficient (Wildman–Crippen LogP) is 1.98. The Morgan fingerprint density at radius 3 is 2.87 bits per heavy atom. The number of nitrogens with one attached hydrogen (secondary N) is 2. The van der Waals surface area contributed by atoms with Crippen LogP contribution in [-0.4, -0.2) is 22.4 Å². The molecule has 0 saturated heterocycles. The van der Waals surface area contributed by atoms with Crippen molar-refractivity contribution in [1.82, 2.24) is 9.97 Å². The summed E-state index contributed by atoms with van der Waals surface area (Å²) in [5.41, 5.74) is -0.168. The zero-order valence-corrected chi connectivity index (χ0v) is 9.39. The third-order valence-corrected chi connectivity index (χ3v) is 2.33. The number of aromatic nitrogens is 2. The number of rotatable bonds is 7. The van der Waals surface area contributed by atoms with Gasteiger partial charge in [-0.2, -0.15) is 0 Å². The van der Waals surface area contributed by atoms with Crippen LogP contribution in [0.5, 0.6) is 0 Å². The van der Waals surface area contributed by atoms with Gasteiger partial charge in [-0.15, -0.1) is 11.6 Å². The molecule has 0 aliphatic carbocycles. The van der Waals surface area contributed by atoms with Crippen molar-refractivity contribution in [2.45, 2.75) is 25.7 Å². The highest BCUT2D eigenvalue weighted by Gasteiger charge is 1.97. The molecule has 0 bridgehead atoms. The summed E-state index contributed by atoms with van der Waals surface area (Å²) in [5, 5.41) is 3.00. The molecular weight excluding hydrogens is 214 g/mol. The van der Waals surface area contributed by atoms with Gasteiger partial charge in [-0.05, 0) is 12.8 Å². The Kier molecular flexibility index (Phi) is 5.85. The van der Waals surface area contributed by atoms with Gasteiger partial charge in [0.15, 0.2) is 5.82 Å². The number of hydrogen-bond donors (Lipinski definition) is 2. The van der Waals surface area contributed by atoms with Crippen LogP contribution in [-0.2, 0) is 0 Å². The van der Waals surface area contributed by atoms with E-state index in [0.29, 0.717) is 5.82 Å². The molecule has 0 aliphatic heterocycles. The Labute approximate surface area is 94.1 Å². The second kappa shape index (κ2) is 7.29. The van der Waals surface area contributed by atoms with Crippen molar-refractivity contribution in [1.29, 1.82) is 0 Å². The van der Waals surface area contributed by atoms with Crippen LogP contribution in [0.4, 0.5) is 5.82 Å². The Bertz CT molecular complexity index is 326. The lowest BCUT2D eigenvalue weighted by Crippen LogP contribution is -2.15. The number of halogens is 1. The summed E-state index contributed by atoms with van der Waals surface area (Å²) in [6.07, 6.45) is 7.46. The largest absolute Gasteiger partial charge is 0.365 e. The van der Waals surface area contributed by atoms with Gasteiger partial charge in [-0.25, -0.2) is 4.98 Å². The van der Waals surface area contributed by atoms with Gasteiger partial charge in [0.2, 0.25) is 0 Å². The molecule has 15 heavy (non-hydrogen) atoms. The summed E-state index contributed by atoms with van der Waals surface area (Å²) in [4.78, 5) is 17.7. The molecule has 0 radical (unpaired) electrons. The molecule has 0 saturated carbocycles. The minimum Gasteiger partial charge on any atom is -0.365 e. The van der Waals surface area contributed by atoms with E-state index in [9.17, 15) is 4.79 Å². The zero-order valence-electron chi connectivity index (χ0n) is 8.63. The van der Waals surface area contributed by atoms with Gasteiger partial charge < -0.3 is 10.3 Å². The number of aromatic amines is 1. The topological polar surface area (TPSA) is 57.8 Å². The third kappa shape index (κ3) is 4.83. The Balaban J connectivity index is 2.15. The number of H-pyrrole nitrogens is 1. The van der Waals surface area contributed by atoms with E-state index in [1.54, 1.807) is 6.20 Å². The molecule has 1 heterocycles. The minimum absolute atomic E-state index is 0.168. The number of unbranched alkanes of at least 4 members (excludes halogenated alkanes) is 3. The molecular formula is C10H16ClN3O. The van der Waals surface area contributed by atoms with Gasteiger partial charge >= 0.3 is 0 Å². The number of hydrogen-bond acceptors (Lipinski definition) is 3. The van der Waals surface area contributed by atoms with Crippen LogP contribution >= 0.6 is 11.6 Å². The van der Waals surface area contributed by atoms with Gasteiger partial charge in [0.25, 0.3) is 5.56 Å². The van der Waals surface area contributed by atoms with Crippen molar-refractivity contribution >= 4 is 17.4 Å². The van der Waals surface area contributed by atoms with Crippen LogP contribution in [0, 0.1) is 0 Å². The lowest BCUT2D eigenvalue weighted by Gasteiger charge is -2.03. The number of alkyl halides is 1. The molecule has 0 spiro atoms. The second-order valence-electron chi connectivity index (χ2n) is 3.30. The van der Waals surface area contributed by atoms with E-state index in [1.807, 2.05) is 0 Å². The van der Waals surface area contributed by atoms with E-state index in [2.05, 4.69) is 15.3 Å². The zero-order chi connectivity index (χ0) is 10.9. The van der Waals surface area contributed by atoms with Gasteiger partial charge in [0.05, 0.1) is 0 Å². The first-order valence-corrected chi connectivity index (χ1v) is 5.71. The maximum absolute atomic E-state index is 11.2. The number of anilines is 1. The van der Waals surface area contributed by atoms with Crippen LogP contribution in [0.25, 0.3) is 0 Å². The summed E-state index contributed by atoms with van der Waals surface area (Å²) < 4.78 is 0. The molecule has 0 aliphatic rings.